The molecule has 4 aromatic heterocycles. The van der Waals surface area contributed by atoms with Crippen LogP contribution in [-0.4, -0.2) is 41.5 Å². The number of aliphatic hydroxyl groups excluding tert-OH is 1. The van der Waals surface area contributed by atoms with Gasteiger partial charge in [-0.1, -0.05) is 6.08 Å². The average Bonchev–Trinajstić information content (AvgIpc) is 3.18. The molecule has 4 aromatic rings. The molecule has 1 aliphatic carbocycles. The minimum absolute atomic E-state index is 0.162. The van der Waals surface area contributed by atoms with E-state index in [1.165, 1.54) is 12.4 Å². The summed E-state index contributed by atoms with van der Waals surface area (Å²) in [5.74, 6) is -4.85. The van der Waals surface area contributed by atoms with Crippen LogP contribution >= 0.6 is 0 Å². The Labute approximate surface area is 180 Å². The molecule has 1 fully saturated rings. The fourth-order valence-corrected chi connectivity index (χ4v) is 3.69. The molecule has 10 heteroatoms. The smallest absolute Gasteiger partial charge is 0.260 e. The number of fused-ring (bicyclic) bond motifs is 3. The lowest BCUT2D eigenvalue weighted by Crippen LogP contribution is -2.18. The lowest BCUT2D eigenvalue weighted by molar-refractivity contribution is -0.119. The summed E-state index contributed by atoms with van der Waals surface area (Å²) in [4.78, 5) is 24.9. The van der Waals surface area contributed by atoms with Crippen molar-refractivity contribution in [3.63, 3.8) is 0 Å². The van der Waals surface area contributed by atoms with Crippen LogP contribution in [0.4, 0.5) is 14.6 Å². The third kappa shape index (κ3) is 3.28. The summed E-state index contributed by atoms with van der Waals surface area (Å²) in [5, 5.41) is 17.4. The standard InChI is InChI=1S/C22H18F2N6O2/c1-3-18(31)16-4-11(2)14(9-25-16)13-5-12-8-26-19(29-21(32)15-7-22(15,23)24)6-17(12)30-20(13)27-10-28-30/h3-6,8-10,15,18,31H,1,7H2,2H3,(H,26,29,32)/t15-,18+/m1/s1. The molecule has 4 heterocycles. The maximum atomic E-state index is 13.2. The second-order valence-electron chi connectivity index (χ2n) is 7.79. The van der Waals surface area contributed by atoms with Gasteiger partial charge in [0.25, 0.3) is 5.92 Å². The van der Waals surface area contributed by atoms with Crippen molar-refractivity contribution in [3.05, 3.63) is 60.8 Å². The van der Waals surface area contributed by atoms with Crippen molar-refractivity contribution in [2.24, 2.45) is 5.92 Å². The number of rotatable bonds is 5. The van der Waals surface area contributed by atoms with E-state index in [1.54, 1.807) is 29.0 Å². The number of carbonyl (C=O) groups is 1. The van der Waals surface area contributed by atoms with Crippen molar-refractivity contribution < 1.29 is 18.7 Å². The minimum atomic E-state index is -2.95. The molecule has 1 aliphatic rings. The summed E-state index contributed by atoms with van der Waals surface area (Å²) < 4.78 is 27.9. The van der Waals surface area contributed by atoms with Crippen LogP contribution < -0.4 is 5.32 Å². The Hall–Kier alpha value is -3.79. The van der Waals surface area contributed by atoms with E-state index >= 15 is 0 Å². The molecule has 0 unspecified atom stereocenters. The number of nitrogens with one attached hydrogen (secondary N) is 1. The van der Waals surface area contributed by atoms with Gasteiger partial charge in [0.2, 0.25) is 5.91 Å². The molecule has 1 amide bonds. The molecular formula is C22H18F2N6O2. The number of aromatic nitrogens is 5. The molecule has 5 rings (SSSR count). The number of alkyl halides is 2. The molecule has 0 aromatic carbocycles. The Kier molecular flexibility index (Phi) is 4.48. The topological polar surface area (TPSA) is 105 Å². The summed E-state index contributed by atoms with van der Waals surface area (Å²) >= 11 is 0. The number of amides is 1. The molecule has 1 saturated carbocycles. The fourth-order valence-electron chi connectivity index (χ4n) is 3.69. The number of anilines is 1. The van der Waals surface area contributed by atoms with Crippen LogP contribution in [0.25, 0.3) is 27.7 Å². The Morgan fingerprint density at radius 1 is 1.28 bits per heavy atom. The van der Waals surface area contributed by atoms with E-state index < -0.39 is 30.3 Å². The number of aliphatic hydroxyl groups is 1. The maximum Gasteiger partial charge on any atom is 0.260 e. The first kappa shape index (κ1) is 20.1. The number of carbonyl (C=O) groups excluding carboxylic acids is 1. The van der Waals surface area contributed by atoms with E-state index in [-0.39, 0.29) is 5.82 Å². The zero-order valence-electron chi connectivity index (χ0n) is 17.0. The summed E-state index contributed by atoms with van der Waals surface area (Å²) in [5.41, 5.74) is 4.09. The normalized spacial score (nSPS) is 17.9. The van der Waals surface area contributed by atoms with Crippen molar-refractivity contribution in [3.8, 4) is 11.1 Å². The molecule has 162 valence electrons. The van der Waals surface area contributed by atoms with Crippen LogP contribution in [0.1, 0.15) is 23.8 Å². The van der Waals surface area contributed by atoms with E-state index in [0.29, 0.717) is 22.2 Å². The Bertz CT molecular complexity index is 1400. The van der Waals surface area contributed by atoms with E-state index in [4.69, 9.17) is 0 Å². The van der Waals surface area contributed by atoms with Gasteiger partial charge in [0.15, 0.2) is 5.65 Å². The molecule has 32 heavy (non-hydrogen) atoms. The van der Waals surface area contributed by atoms with Crippen molar-refractivity contribution in [1.29, 1.82) is 0 Å². The van der Waals surface area contributed by atoms with Crippen molar-refractivity contribution in [2.75, 3.05) is 5.32 Å². The number of hydrogen-bond donors (Lipinski definition) is 2. The number of pyridine rings is 3. The van der Waals surface area contributed by atoms with E-state index in [1.807, 2.05) is 13.0 Å². The van der Waals surface area contributed by atoms with Gasteiger partial charge in [0, 0.05) is 41.4 Å². The lowest BCUT2D eigenvalue weighted by atomic mass is 10.0. The van der Waals surface area contributed by atoms with Gasteiger partial charge in [-0.05, 0) is 24.6 Å². The zero-order valence-corrected chi connectivity index (χ0v) is 17.0. The summed E-state index contributed by atoms with van der Waals surface area (Å²) in [6.07, 6.45) is 4.70. The third-order valence-corrected chi connectivity index (χ3v) is 5.57. The molecule has 0 bridgehead atoms. The highest BCUT2D eigenvalue weighted by atomic mass is 19.3. The second-order valence-corrected chi connectivity index (χ2v) is 7.79. The number of aryl methyl sites for hydroxylation is 1. The predicted octanol–water partition coefficient (Wildman–Crippen LogP) is 3.46. The largest absolute Gasteiger partial charge is 0.383 e. The van der Waals surface area contributed by atoms with Crippen molar-refractivity contribution in [2.45, 2.75) is 25.4 Å². The highest BCUT2D eigenvalue weighted by Crippen LogP contribution is 2.49. The molecule has 0 aliphatic heterocycles. The molecular weight excluding hydrogens is 418 g/mol. The lowest BCUT2D eigenvalue weighted by Gasteiger charge is -2.12. The second kappa shape index (κ2) is 7.13. The first-order valence-corrected chi connectivity index (χ1v) is 9.87. The zero-order chi connectivity index (χ0) is 22.6. The van der Waals surface area contributed by atoms with Crippen LogP contribution in [0, 0.1) is 12.8 Å². The summed E-state index contributed by atoms with van der Waals surface area (Å²) in [7, 11) is 0. The summed E-state index contributed by atoms with van der Waals surface area (Å²) in [6, 6.07) is 5.23. The van der Waals surface area contributed by atoms with Gasteiger partial charge in [0.1, 0.15) is 24.2 Å². The molecule has 0 saturated heterocycles. The van der Waals surface area contributed by atoms with Crippen molar-refractivity contribution >= 4 is 28.3 Å². The minimum Gasteiger partial charge on any atom is -0.383 e. The van der Waals surface area contributed by atoms with E-state index in [2.05, 4.69) is 31.9 Å². The molecule has 0 spiro atoms. The molecule has 2 atom stereocenters. The van der Waals surface area contributed by atoms with Gasteiger partial charge in [-0.2, -0.15) is 5.10 Å². The van der Waals surface area contributed by atoms with Gasteiger partial charge in [0.05, 0.1) is 11.2 Å². The SMILES string of the molecule is C=C[C@H](O)c1cc(C)c(-c2cc3cnc(NC(=O)[C@H]4CC4(F)F)cc3n3ncnc23)cn1. The first-order chi connectivity index (χ1) is 15.3. The highest BCUT2D eigenvalue weighted by Gasteiger charge is 2.61. The van der Waals surface area contributed by atoms with Crippen LogP contribution in [-0.2, 0) is 4.79 Å². The molecule has 0 radical (unpaired) electrons. The summed E-state index contributed by atoms with van der Waals surface area (Å²) in [6.45, 7) is 5.48. The Morgan fingerprint density at radius 2 is 2.06 bits per heavy atom. The number of hydrogen-bond acceptors (Lipinski definition) is 6. The average molecular weight is 436 g/mol. The van der Waals surface area contributed by atoms with Gasteiger partial charge in [-0.3, -0.25) is 9.78 Å². The van der Waals surface area contributed by atoms with Gasteiger partial charge < -0.3 is 10.4 Å². The molecule has 2 N–H and O–H groups in total. The van der Waals surface area contributed by atoms with Crippen LogP contribution in [0.2, 0.25) is 0 Å². The van der Waals surface area contributed by atoms with Gasteiger partial charge >= 0.3 is 0 Å². The third-order valence-electron chi connectivity index (χ3n) is 5.57. The van der Waals surface area contributed by atoms with Gasteiger partial charge in [-0.15, -0.1) is 6.58 Å². The fraction of sp³-hybridized carbons (Fsp3) is 0.227. The first-order valence-electron chi connectivity index (χ1n) is 9.87. The van der Waals surface area contributed by atoms with Crippen LogP contribution in [0.15, 0.2) is 49.6 Å². The van der Waals surface area contributed by atoms with Crippen molar-refractivity contribution in [1.82, 2.24) is 24.6 Å². The van der Waals surface area contributed by atoms with Gasteiger partial charge in [-0.25, -0.2) is 23.3 Å². The quantitative estimate of drug-likeness (QED) is 0.464. The number of halogens is 2. The maximum absolute atomic E-state index is 13.2. The van der Waals surface area contributed by atoms with E-state index in [9.17, 15) is 18.7 Å². The Balaban J connectivity index is 1.57. The van der Waals surface area contributed by atoms with Crippen LogP contribution in [0.5, 0.6) is 0 Å². The number of nitrogens with zero attached hydrogens (tertiary/aromatic N) is 5. The van der Waals surface area contributed by atoms with Crippen LogP contribution in [0.3, 0.4) is 0 Å². The highest BCUT2D eigenvalue weighted by molar-refractivity contribution is 5.97. The van der Waals surface area contributed by atoms with E-state index in [0.717, 1.165) is 16.7 Å². The Morgan fingerprint density at radius 3 is 2.75 bits per heavy atom. The monoisotopic (exact) mass is 436 g/mol. The molecule has 8 nitrogen and oxygen atoms in total. The predicted molar refractivity (Wildman–Crippen MR) is 113 cm³/mol.